The van der Waals surface area contributed by atoms with Gasteiger partial charge in [-0.1, -0.05) is 0 Å². The van der Waals surface area contributed by atoms with Gasteiger partial charge in [0.25, 0.3) is 0 Å². The smallest absolute Gasteiger partial charge is 0.237 e. The first kappa shape index (κ1) is 11.5. The molecule has 0 bridgehead atoms. The highest BCUT2D eigenvalue weighted by atomic mass is 35.5. The molecule has 0 N–H and O–H groups in total. The number of likely N-dealkylation sites (tertiary alicyclic amines) is 1. The second-order valence-corrected chi connectivity index (χ2v) is 4.51. The molecule has 0 radical (unpaired) electrons. The summed E-state index contributed by atoms with van der Waals surface area (Å²) >= 11 is 5.53. The summed E-state index contributed by atoms with van der Waals surface area (Å²) in [5, 5.41) is 4.32. The van der Waals surface area contributed by atoms with Gasteiger partial charge in [0.1, 0.15) is 5.88 Å². The summed E-state index contributed by atoms with van der Waals surface area (Å²) in [7, 11) is 0. The summed E-state index contributed by atoms with van der Waals surface area (Å²) in [6.45, 7) is 3.61. The van der Waals surface area contributed by atoms with Gasteiger partial charge < -0.3 is 4.90 Å². The van der Waals surface area contributed by atoms with E-state index in [1.54, 1.807) is 0 Å². The molecule has 1 aromatic rings. The molecule has 0 unspecified atom stereocenters. The van der Waals surface area contributed by atoms with Crippen molar-refractivity contribution in [2.24, 2.45) is 0 Å². The predicted molar refractivity (Wildman–Crippen MR) is 62.5 cm³/mol. The number of alkyl halides is 1. The molecule has 1 saturated heterocycles. The van der Waals surface area contributed by atoms with Crippen LogP contribution in [0, 0.1) is 6.92 Å². The molecule has 1 aliphatic heterocycles. The van der Waals surface area contributed by atoms with Crippen molar-refractivity contribution >= 4 is 17.5 Å². The van der Waals surface area contributed by atoms with E-state index in [1.165, 1.54) is 5.56 Å². The summed E-state index contributed by atoms with van der Waals surface area (Å²) in [6, 6.07) is 0.424. The van der Waals surface area contributed by atoms with Gasteiger partial charge in [0.05, 0.1) is 12.2 Å². The number of hydrogen-bond donors (Lipinski definition) is 0. The summed E-state index contributed by atoms with van der Waals surface area (Å²) in [6.07, 6.45) is 5.85. The van der Waals surface area contributed by atoms with Crippen LogP contribution < -0.4 is 0 Å². The molecule has 1 aromatic heterocycles. The molecule has 0 atom stereocenters. The fourth-order valence-electron chi connectivity index (χ4n) is 2.10. The standard InChI is InChI=1S/C11H16ClN3O/c1-9-7-13-15(8-9)10-2-4-14(5-3-10)11(16)6-12/h7-8,10H,2-6H2,1H3. The van der Waals surface area contributed by atoms with Crippen LogP contribution in [0.4, 0.5) is 0 Å². The Morgan fingerprint density at radius 2 is 2.25 bits per heavy atom. The molecule has 0 spiro atoms. The molecule has 0 saturated carbocycles. The maximum absolute atomic E-state index is 11.4. The molecule has 16 heavy (non-hydrogen) atoms. The molecular formula is C11H16ClN3O. The molecule has 0 aliphatic carbocycles. The molecule has 2 rings (SSSR count). The lowest BCUT2D eigenvalue weighted by Gasteiger charge is -2.31. The number of nitrogens with zero attached hydrogens (tertiary/aromatic N) is 3. The van der Waals surface area contributed by atoms with Gasteiger partial charge in [-0.2, -0.15) is 5.10 Å². The Balaban J connectivity index is 1.92. The van der Waals surface area contributed by atoms with Crippen LogP contribution in [-0.2, 0) is 4.79 Å². The summed E-state index contributed by atoms with van der Waals surface area (Å²) in [4.78, 5) is 13.2. The normalized spacial score (nSPS) is 17.8. The van der Waals surface area contributed by atoms with E-state index in [4.69, 9.17) is 11.6 Å². The van der Waals surface area contributed by atoms with Crippen LogP contribution in [0.3, 0.4) is 0 Å². The fourth-order valence-corrected chi connectivity index (χ4v) is 2.27. The first-order valence-electron chi connectivity index (χ1n) is 5.55. The van der Waals surface area contributed by atoms with E-state index < -0.39 is 0 Å². The highest BCUT2D eigenvalue weighted by Crippen LogP contribution is 2.22. The molecule has 5 heteroatoms. The largest absolute Gasteiger partial charge is 0.342 e. The van der Waals surface area contributed by atoms with E-state index in [1.807, 2.05) is 22.7 Å². The average molecular weight is 242 g/mol. The van der Waals surface area contributed by atoms with E-state index in [0.29, 0.717) is 6.04 Å². The Kier molecular flexibility index (Phi) is 3.49. The van der Waals surface area contributed by atoms with E-state index >= 15 is 0 Å². The van der Waals surface area contributed by atoms with Crippen molar-refractivity contribution in [2.75, 3.05) is 19.0 Å². The number of piperidine rings is 1. The van der Waals surface area contributed by atoms with Crippen LogP contribution in [0.1, 0.15) is 24.4 Å². The zero-order chi connectivity index (χ0) is 11.5. The first-order valence-corrected chi connectivity index (χ1v) is 6.08. The summed E-state index contributed by atoms with van der Waals surface area (Å²) < 4.78 is 2.01. The maximum atomic E-state index is 11.4. The van der Waals surface area contributed by atoms with Crippen molar-refractivity contribution in [3.05, 3.63) is 18.0 Å². The number of rotatable bonds is 2. The number of halogens is 1. The zero-order valence-corrected chi connectivity index (χ0v) is 10.2. The Labute approximate surface area is 100 Å². The third-order valence-electron chi connectivity index (χ3n) is 3.04. The molecule has 2 heterocycles. The Hall–Kier alpha value is -1.03. The third kappa shape index (κ3) is 2.38. The van der Waals surface area contributed by atoms with Crippen molar-refractivity contribution in [3.8, 4) is 0 Å². The second kappa shape index (κ2) is 4.87. The lowest BCUT2D eigenvalue weighted by Crippen LogP contribution is -2.39. The van der Waals surface area contributed by atoms with E-state index in [0.717, 1.165) is 25.9 Å². The topological polar surface area (TPSA) is 38.1 Å². The summed E-state index contributed by atoms with van der Waals surface area (Å²) in [5.74, 6) is 0.128. The second-order valence-electron chi connectivity index (χ2n) is 4.24. The fraction of sp³-hybridized carbons (Fsp3) is 0.636. The van der Waals surface area contributed by atoms with Gasteiger partial charge in [-0.05, 0) is 25.3 Å². The minimum absolute atomic E-state index is 0.0387. The summed E-state index contributed by atoms with van der Waals surface area (Å²) in [5.41, 5.74) is 1.18. The van der Waals surface area contributed by atoms with E-state index in [9.17, 15) is 4.79 Å². The van der Waals surface area contributed by atoms with Crippen molar-refractivity contribution < 1.29 is 4.79 Å². The van der Waals surface area contributed by atoms with Crippen LogP contribution in [0.25, 0.3) is 0 Å². The lowest BCUT2D eigenvalue weighted by molar-refractivity contribution is -0.129. The SMILES string of the molecule is Cc1cnn(C2CCN(C(=O)CCl)CC2)c1. The molecule has 1 aliphatic rings. The number of aromatic nitrogens is 2. The molecule has 1 fully saturated rings. The van der Waals surface area contributed by atoms with Crippen LogP contribution in [-0.4, -0.2) is 39.6 Å². The molecule has 1 amide bonds. The average Bonchev–Trinajstić information content (AvgIpc) is 2.75. The number of aryl methyl sites for hydroxylation is 1. The van der Waals surface area contributed by atoms with Gasteiger partial charge in [0.15, 0.2) is 0 Å². The highest BCUT2D eigenvalue weighted by Gasteiger charge is 2.23. The number of amides is 1. The third-order valence-corrected chi connectivity index (χ3v) is 3.26. The van der Waals surface area contributed by atoms with Crippen LogP contribution in [0.15, 0.2) is 12.4 Å². The first-order chi connectivity index (χ1) is 7.70. The zero-order valence-electron chi connectivity index (χ0n) is 9.40. The van der Waals surface area contributed by atoms with Crippen LogP contribution in [0.2, 0.25) is 0 Å². The van der Waals surface area contributed by atoms with Gasteiger partial charge >= 0.3 is 0 Å². The molecule has 0 aromatic carbocycles. The monoisotopic (exact) mass is 241 g/mol. The molecular weight excluding hydrogens is 226 g/mol. The Morgan fingerprint density at radius 1 is 1.56 bits per heavy atom. The quantitative estimate of drug-likeness (QED) is 0.738. The number of carbonyl (C=O) groups is 1. The minimum atomic E-state index is 0.0387. The Bertz CT molecular complexity index is 369. The van der Waals surface area contributed by atoms with Crippen LogP contribution in [0.5, 0.6) is 0 Å². The van der Waals surface area contributed by atoms with Crippen LogP contribution >= 0.6 is 11.6 Å². The maximum Gasteiger partial charge on any atom is 0.237 e. The van der Waals surface area contributed by atoms with Crippen molar-refractivity contribution in [1.82, 2.24) is 14.7 Å². The molecule has 4 nitrogen and oxygen atoms in total. The number of carbonyl (C=O) groups excluding carboxylic acids is 1. The van der Waals surface area contributed by atoms with Crippen molar-refractivity contribution in [3.63, 3.8) is 0 Å². The van der Waals surface area contributed by atoms with E-state index in [-0.39, 0.29) is 11.8 Å². The number of hydrogen-bond acceptors (Lipinski definition) is 2. The predicted octanol–water partition coefficient (Wildman–Crippen LogP) is 1.59. The van der Waals surface area contributed by atoms with Crippen molar-refractivity contribution in [1.29, 1.82) is 0 Å². The van der Waals surface area contributed by atoms with Gasteiger partial charge in [-0.15, -0.1) is 11.6 Å². The van der Waals surface area contributed by atoms with Crippen molar-refractivity contribution in [2.45, 2.75) is 25.8 Å². The van der Waals surface area contributed by atoms with Gasteiger partial charge in [-0.25, -0.2) is 0 Å². The Morgan fingerprint density at radius 3 is 2.75 bits per heavy atom. The van der Waals surface area contributed by atoms with Gasteiger partial charge in [0.2, 0.25) is 5.91 Å². The molecule has 88 valence electrons. The van der Waals surface area contributed by atoms with Gasteiger partial charge in [-0.3, -0.25) is 9.48 Å². The van der Waals surface area contributed by atoms with E-state index in [2.05, 4.69) is 11.3 Å². The minimum Gasteiger partial charge on any atom is -0.342 e. The highest BCUT2D eigenvalue weighted by molar-refractivity contribution is 6.27. The van der Waals surface area contributed by atoms with Gasteiger partial charge in [0, 0.05) is 19.3 Å². The lowest BCUT2D eigenvalue weighted by atomic mass is 10.1.